The first-order chi connectivity index (χ1) is 10.2. The van der Waals surface area contributed by atoms with Crippen LogP contribution in [-0.4, -0.2) is 20.2 Å². The molecule has 0 atom stereocenters. The Bertz CT molecular complexity index is 612. The summed E-state index contributed by atoms with van der Waals surface area (Å²) in [5.74, 6) is 1.52. The SMILES string of the molecule is COc1ccc(C=CC(=O)Oc2ccc(OC)cc2)cc1. The minimum atomic E-state index is -0.434. The van der Waals surface area contributed by atoms with Crippen molar-refractivity contribution in [1.29, 1.82) is 0 Å². The zero-order valence-corrected chi connectivity index (χ0v) is 11.9. The molecule has 0 radical (unpaired) electrons. The van der Waals surface area contributed by atoms with Crippen molar-refractivity contribution in [3.05, 3.63) is 60.2 Å². The lowest BCUT2D eigenvalue weighted by Gasteiger charge is -2.03. The number of hydrogen-bond acceptors (Lipinski definition) is 4. The van der Waals surface area contributed by atoms with Crippen LogP contribution in [0.25, 0.3) is 6.08 Å². The van der Waals surface area contributed by atoms with Crippen molar-refractivity contribution in [1.82, 2.24) is 0 Å². The Labute approximate surface area is 123 Å². The standard InChI is InChI=1S/C17H16O4/c1-19-14-6-3-13(4-7-14)5-12-17(18)21-16-10-8-15(20-2)9-11-16/h3-12H,1-2H3. The molecular formula is C17H16O4. The van der Waals surface area contributed by atoms with Gasteiger partial charge in [-0.25, -0.2) is 4.79 Å². The van der Waals surface area contributed by atoms with Crippen LogP contribution < -0.4 is 14.2 Å². The average molecular weight is 284 g/mol. The maximum Gasteiger partial charge on any atom is 0.336 e. The van der Waals surface area contributed by atoms with Gasteiger partial charge in [-0.05, 0) is 48.0 Å². The van der Waals surface area contributed by atoms with Gasteiger partial charge in [0.1, 0.15) is 17.2 Å². The van der Waals surface area contributed by atoms with E-state index in [2.05, 4.69) is 0 Å². The van der Waals surface area contributed by atoms with Crippen molar-refractivity contribution < 1.29 is 19.0 Å². The van der Waals surface area contributed by atoms with E-state index in [-0.39, 0.29) is 0 Å². The van der Waals surface area contributed by atoms with Gasteiger partial charge in [0.05, 0.1) is 14.2 Å². The molecule has 21 heavy (non-hydrogen) atoms. The maximum atomic E-state index is 11.7. The van der Waals surface area contributed by atoms with Crippen LogP contribution in [0.1, 0.15) is 5.56 Å². The fraction of sp³-hybridized carbons (Fsp3) is 0.118. The van der Waals surface area contributed by atoms with E-state index in [9.17, 15) is 4.79 Å². The molecule has 0 aromatic heterocycles. The van der Waals surface area contributed by atoms with Crippen molar-refractivity contribution in [3.63, 3.8) is 0 Å². The molecule has 0 aliphatic carbocycles. The Kier molecular flexibility index (Phi) is 4.99. The molecule has 0 bridgehead atoms. The van der Waals surface area contributed by atoms with Crippen LogP contribution >= 0.6 is 0 Å². The predicted octanol–water partition coefficient (Wildman–Crippen LogP) is 3.32. The third-order valence-electron chi connectivity index (χ3n) is 2.81. The number of esters is 1. The molecule has 2 aromatic carbocycles. The van der Waals surface area contributed by atoms with Crippen LogP contribution in [-0.2, 0) is 4.79 Å². The molecule has 2 rings (SSSR count). The second kappa shape index (κ2) is 7.14. The van der Waals surface area contributed by atoms with Crippen LogP contribution in [0.15, 0.2) is 54.6 Å². The summed E-state index contributed by atoms with van der Waals surface area (Å²) in [5, 5.41) is 0. The van der Waals surface area contributed by atoms with Gasteiger partial charge in [0, 0.05) is 6.08 Å². The fourth-order valence-corrected chi connectivity index (χ4v) is 1.67. The molecule has 4 heteroatoms. The van der Waals surface area contributed by atoms with Crippen LogP contribution in [0.3, 0.4) is 0 Å². The van der Waals surface area contributed by atoms with Crippen molar-refractivity contribution in [3.8, 4) is 17.2 Å². The van der Waals surface area contributed by atoms with E-state index in [0.717, 1.165) is 11.3 Å². The van der Waals surface area contributed by atoms with E-state index in [1.807, 2.05) is 24.3 Å². The van der Waals surface area contributed by atoms with Crippen molar-refractivity contribution in [2.75, 3.05) is 14.2 Å². The van der Waals surface area contributed by atoms with E-state index < -0.39 is 5.97 Å². The number of methoxy groups -OCH3 is 2. The van der Waals surface area contributed by atoms with E-state index in [0.29, 0.717) is 11.5 Å². The van der Waals surface area contributed by atoms with Gasteiger partial charge in [-0.15, -0.1) is 0 Å². The summed E-state index contributed by atoms with van der Waals surface area (Å²) in [6, 6.07) is 14.2. The highest BCUT2D eigenvalue weighted by Gasteiger charge is 2.01. The lowest BCUT2D eigenvalue weighted by molar-refractivity contribution is -0.128. The van der Waals surface area contributed by atoms with Crippen LogP contribution in [0.5, 0.6) is 17.2 Å². The van der Waals surface area contributed by atoms with Gasteiger partial charge >= 0.3 is 5.97 Å². The second-order valence-electron chi connectivity index (χ2n) is 4.20. The number of ether oxygens (including phenoxy) is 3. The number of hydrogen-bond donors (Lipinski definition) is 0. The molecule has 4 nitrogen and oxygen atoms in total. The van der Waals surface area contributed by atoms with Crippen molar-refractivity contribution >= 4 is 12.0 Å². The van der Waals surface area contributed by atoms with Gasteiger partial charge in [-0.1, -0.05) is 12.1 Å². The molecule has 2 aromatic rings. The Morgan fingerprint density at radius 3 is 1.81 bits per heavy atom. The van der Waals surface area contributed by atoms with Gasteiger partial charge < -0.3 is 14.2 Å². The molecular weight excluding hydrogens is 268 g/mol. The van der Waals surface area contributed by atoms with Gasteiger partial charge in [0.25, 0.3) is 0 Å². The van der Waals surface area contributed by atoms with E-state index in [1.165, 1.54) is 6.08 Å². The summed E-state index contributed by atoms with van der Waals surface area (Å²) in [6.07, 6.45) is 3.07. The summed E-state index contributed by atoms with van der Waals surface area (Å²) < 4.78 is 15.3. The monoisotopic (exact) mass is 284 g/mol. The predicted molar refractivity (Wildman–Crippen MR) is 80.7 cm³/mol. The van der Waals surface area contributed by atoms with Crippen molar-refractivity contribution in [2.45, 2.75) is 0 Å². The highest BCUT2D eigenvalue weighted by Crippen LogP contribution is 2.17. The first kappa shape index (κ1) is 14.7. The molecule has 0 amide bonds. The molecule has 0 saturated carbocycles. The highest BCUT2D eigenvalue weighted by molar-refractivity contribution is 5.88. The molecule has 0 N–H and O–H groups in total. The quantitative estimate of drug-likeness (QED) is 0.480. The van der Waals surface area contributed by atoms with E-state index >= 15 is 0 Å². The summed E-state index contributed by atoms with van der Waals surface area (Å²) >= 11 is 0. The number of carbonyl (C=O) groups is 1. The van der Waals surface area contributed by atoms with E-state index in [1.54, 1.807) is 44.6 Å². The number of rotatable bonds is 5. The summed E-state index contributed by atoms with van der Waals surface area (Å²) in [7, 11) is 3.19. The minimum Gasteiger partial charge on any atom is -0.497 e. The average Bonchev–Trinajstić information content (AvgIpc) is 2.54. The first-order valence-corrected chi connectivity index (χ1v) is 6.39. The Morgan fingerprint density at radius 1 is 0.810 bits per heavy atom. The lowest BCUT2D eigenvalue weighted by atomic mass is 10.2. The van der Waals surface area contributed by atoms with Crippen molar-refractivity contribution in [2.24, 2.45) is 0 Å². The van der Waals surface area contributed by atoms with Crippen LogP contribution in [0.4, 0.5) is 0 Å². The molecule has 0 unspecified atom stereocenters. The Hall–Kier alpha value is -2.75. The molecule has 0 spiro atoms. The smallest absolute Gasteiger partial charge is 0.336 e. The summed E-state index contributed by atoms with van der Waals surface area (Å²) in [5.41, 5.74) is 0.891. The topological polar surface area (TPSA) is 44.8 Å². The third-order valence-corrected chi connectivity index (χ3v) is 2.81. The molecule has 108 valence electrons. The van der Waals surface area contributed by atoms with Gasteiger partial charge in [-0.3, -0.25) is 0 Å². The van der Waals surface area contributed by atoms with Gasteiger partial charge in [-0.2, -0.15) is 0 Å². The zero-order chi connectivity index (χ0) is 15.1. The molecule has 0 aliphatic rings. The van der Waals surface area contributed by atoms with E-state index in [4.69, 9.17) is 14.2 Å². The molecule has 0 heterocycles. The summed E-state index contributed by atoms with van der Waals surface area (Å²) in [6.45, 7) is 0. The minimum absolute atomic E-state index is 0.434. The third kappa shape index (κ3) is 4.38. The number of carbonyl (C=O) groups excluding carboxylic acids is 1. The molecule has 0 saturated heterocycles. The maximum absolute atomic E-state index is 11.7. The van der Waals surface area contributed by atoms with Crippen LogP contribution in [0, 0.1) is 0 Å². The van der Waals surface area contributed by atoms with Crippen LogP contribution in [0.2, 0.25) is 0 Å². The Balaban J connectivity index is 1.94. The fourth-order valence-electron chi connectivity index (χ4n) is 1.67. The molecule has 0 aliphatic heterocycles. The second-order valence-corrected chi connectivity index (χ2v) is 4.20. The zero-order valence-electron chi connectivity index (χ0n) is 11.9. The molecule has 0 fully saturated rings. The lowest BCUT2D eigenvalue weighted by Crippen LogP contribution is -2.03. The largest absolute Gasteiger partial charge is 0.497 e. The van der Waals surface area contributed by atoms with Gasteiger partial charge in [0.2, 0.25) is 0 Å². The number of benzene rings is 2. The summed E-state index contributed by atoms with van der Waals surface area (Å²) in [4.78, 5) is 11.7. The highest BCUT2D eigenvalue weighted by atomic mass is 16.5. The normalized spacial score (nSPS) is 10.4. The first-order valence-electron chi connectivity index (χ1n) is 6.39. The van der Waals surface area contributed by atoms with Gasteiger partial charge in [0.15, 0.2) is 0 Å². The Morgan fingerprint density at radius 2 is 1.29 bits per heavy atom.